The molecule has 0 aliphatic carbocycles. The van der Waals surface area contributed by atoms with Crippen LogP contribution in [-0.4, -0.2) is 25.1 Å². The number of carbonyl (C=O) groups excluding carboxylic acids is 2. The fraction of sp³-hybridized carbons (Fsp3) is 0.273. The molecule has 0 saturated carbocycles. The van der Waals surface area contributed by atoms with Gasteiger partial charge >= 0.3 is 6.03 Å². The van der Waals surface area contributed by atoms with E-state index in [1.165, 1.54) is 14.0 Å². The maximum atomic E-state index is 11.5. The van der Waals surface area contributed by atoms with Crippen LogP contribution in [-0.2, 0) is 4.79 Å². The summed E-state index contributed by atoms with van der Waals surface area (Å²) in [7, 11) is 1.42. The van der Waals surface area contributed by atoms with E-state index in [-0.39, 0.29) is 0 Å². The number of para-hydroxylation sites is 2. The summed E-state index contributed by atoms with van der Waals surface area (Å²) in [4.78, 5) is 22.4. The van der Waals surface area contributed by atoms with Gasteiger partial charge < -0.3 is 15.8 Å². The zero-order valence-electron chi connectivity index (χ0n) is 9.69. The van der Waals surface area contributed by atoms with Gasteiger partial charge in [-0.25, -0.2) is 4.79 Å². The highest BCUT2D eigenvalue weighted by Gasteiger charge is 2.17. The van der Waals surface area contributed by atoms with Gasteiger partial charge in [0.25, 0.3) is 5.91 Å². The number of rotatable bonds is 3. The number of urea groups is 1. The van der Waals surface area contributed by atoms with Crippen LogP contribution in [0.3, 0.4) is 0 Å². The molecule has 1 aromatic carbocycles. The van der Waals surface area contributed by atoms with Crippen molar-refractivity contribution in [3.05, 3.63) is 24.3 Å². The number of benzene rings is 1. The summed E-state index contributed by atoms with van der Waals surface area (Å²) in [5.74, 6) is -0.125. The van der Waals surface area contributed by atoms with Gasteiger partial charge in [-0.05, 0) is 19.1 Å². The van der Waals surface area contributed by atoms with Crippen LogP contribution in [0.25, 0.3) is 0 Å². The van der Waals surface area contributed by atoms with Crippen molar-refractivity contribution < 1.29 is 14.3 Å². The zero-order valence-corrected chi connectivity index (χ0v) is 9.69. The SMILES string of the molecule is CNC(=O)NC(=O)C(C)Oc1ccccc1N. The second kappa shape index (κ2) is 5.74. The first kappa shape index (κ1) is 12.8. The molecule has 0 heterocycles. The molecule has 3 amide bonds. The molecule has 1 rings (SSSR count). The molecule has 6 heteroatoms. The molecule has 0 aliphatic heterocycles. The summed E-state index contributed by atoms with van der Waals surface area (Å²) < 4.78 is 5.34. The Labute approximate surface area is 99.1 Å². The minimum Gasteiger partial charge on any atom is -0.479 e. The van der Waals surface area contributed by atoms with Crippen molar-refractivity contribution in [2.75, 3.05) is 12.8 Å². The van der Waals surface area contributed by atoms with Crippen molar-refractivity contribution in [3.8, 4) is 5.75 Å². The molecule has 0 bridgehead atoms. The quantitative estimate of drug-likeness (QED) is 0.667. The molecule has 0 saturated heterocycles. The third-order valence-electron chi connectivity index (χ3n) is 2.06. The number of nitrogen functional groups attached to an aromatic ring is 1. The van der Waals surface area contributed by atoms with Crippen LogP contribution in [0, 0.1) is 0 Å². The van der Waals surface area contributed by atoms with E-state index in [9.17, 15) is 9.59 Å². The Morgan fingerprint density at radius 2 is 2.00 bits per heavy atom. The Morgan fingerprint density at radius 1 is 1.35 bits per heavy atom. The van der Waals surface area contributed by atoms with Crippen molar-refractivity contribution in [1.29, 1.82) is 0 Å². The van der Waals surface area contributed by atoms with Crippen LogP contribution in [0.15, 0.2) is 24.3 Å². The first-order valence-corrected chi connectivity index (χ1v) is 5.08. The minimum absolute atomic E-state index is 0.409. The van der Waals surface area contributed by atoms with Gasteiger partial charge in [0.1, 0.15) is 5.75 Å². The molecule has 1 unspecified atom stereocenters. The lowest BCUT2D eigenvalue weighted by Gasteiger charge is -2.15. The normalized spacial score (nSPS) is 11.4. The number of hydrogen-bond acceptors (Lipinski definition) is 4. The van der Waals surface area contributed by atoms with E-state index in [0.717, 1.165) is 0 Å². The van der Waals surface area contributed by atoms with Gasteiger partial charge in [0.05, 0.1) is 5.69 Å². The van der Waals surface area contributed by atoms with E-state index in [1.807, 2.05) is 0 Å². The van der Waals surface area contributed by atoms with E-state index in [0.29, 0.717) is 11.4 Å². The number of hydrogen-bond donors (Lipinski definition) is 3. The molecule has 1 atom stereocenters. The van der Waals surface area contributed by atoms with Crippen molar-refractivity contribution in [3.63, 3.8) is 0 Å². The molecule has 0 radical (unpaired) electrons. The Morgan fingerprint density at radius 3 is 2.59 bits per heavy atom. The summed E-state index contributed by atoms with van der Waals surface area (Å²) in [6.45, 7) is 1.53. The first-order chi connectivity index (χ1) is 8.04. The average Bonchev–Trinajstić information content (AvgIpc) is 2.31. The zero-order chi connectivity index (χ0) is 12.8. The molecule has 0 spiro atoms. The molecule has 0 aromatic heterocycles. The third-order valence-corrected chi connectivity index (χ3v) is 2.06. The third kappa shape index (κ3) is 3.67. The molecule has 0 fully saturated rings. The highest BCUT2D eigenvalue weighted by atomic mass is 16.5. The Bertz CT molecular complexity index is 420. The molecule has 17 heavy (non-hydrogen) atoms. The summed E-state index contributed by atoms with van der Waals surface area (Å²) in [6, 6.07) is 6.25. The van der Waals surface area contributed by atoms with E-state index < -0.39 is 18.0 Å². The fourth-order valence-corrected chi connectivity index (χ4v) is 1.11. The predicted molar refractivity (Wildman–Crippen MR) is 63.5 cm³/mol. The van der Waals surface area contributed by atoms with Crippen LogP contribution in [0.5, 0.6) is 5.75 Å². The highest BCUT2D eigenvalue weighted by molar-refractivity contribution is 5.96. The molecular formula is C11H15N3O3. The van der Waals surface area contributed by atoms with Crippen molar-refractivity contribution in [2.45, 2.75) is 13.0 Å². The second-order valence-electron chi connectivity index (χ2n) is 3.37. The van der Waals surface area contributed by atoms with E-state index in [1.54, 1.807) is 24.3 Å². The average molecular weight is 237 g/mol. The van der Waals surface area contributed by atoms with E-state index >= 15 is 0 Å². The van der Waals surface area contributed by atoms with Gasteiger partial charge in [0.2, 0.25) is 0 Å². The van der Waals surface area contributed by atoms with Crippen LogP contribution in [0.4, 0.5) is 10.5 Å². The van der Waals surface area contributed by atoms with Crippen LogP contribution < -0.4 is 21.1 Å². The number of nitrogens with one attached hydrogen (secondary N) is 2. The molecule has 1 aromatic rings. The van der Waals surface area contributed by atoms with E-state index in [2.05, 4.69) is 10.6 Å². The fourth-order valence-electron chi connectivity index (χ4n) is 1.11. The molecular weight excluding hydrogens is 222 g/mol. The standard InChI is InChI=1S/C11H15N3O3/c1-7(10(15)14-11(16)13-2)17-9-6-4-3-5-8(9)12/h3-7H,12H2,1-2H3,(H2,13,14,15,16). The monoisotopic (exact) mass is 237 g/mol. The summed E-state index contributed by atoms with van der Waals surface area (Å²) in [6.07, 6.45) is -0.808. The Kier molecular flexibility index (Phi) is 4.33. The lowest BCUT2D eigenvalue weighted by molar-refractivity contribution is -0.126. The van der Waals surface area contributed by atoms with Crippen molar-refractivity contribution >= 4 is 17.6 Å². The largest absolute Gasteiger partial charge is 0.479 e. The van der Waals surface area contributed by atoms with Crippen LogP contribution in [0.2, 0.25) is 0 Å². The molecule has 6 nitrogen and oxygen atoms in total. The summed E-state index contributed by atoms with van der Waals surface area (Å²) in [5.41, 5.74) is 6.10. The summed E-state index contributed by atoms with van der Waals surface area (Å²) in [5, 5.41) is 4.39. The van der Waals surface area contributed by atoms with Crippen molar-refractivity contribution in [1.82, 2.24) is 10.6 Å². The van der Waals surface area contributed by atoms with Crippen LogP contribution >= 0.6 is 0 Å². The highest BCUT2D eigenvalue weighted by Crippen LogP contribution is 2.20. The molecule has 92 valence electrons. The lowest BCUT2D eigenvalue weighted by Crippen LogP contribution is -2.44. The van der Waals surface area contributed by atoms with Gasteiger partial charge in [-0.15, -0.1) is 0 Å². The van der Waals surface area contributed by atoms with Gasteiger partial charge in [0.15, 0.2) is 6.10 Å². The number of carbonyl (C=O) groups is 2. The van der Waals surface area contributed by atoms with Crippen molar-refractivity contribution in [2.24, 2.45) is 0 Å². The lowest BCUT2D eigenvalue weighted by atomic mass is 10.3. The van der Waals surface area contributed by atoms with Gasteiger partial charge in [-0.3, -0.25) is 10.1 Å². The van der Waals surface area contributed by atoms with Gasteiger partial charge in [0, 0.05) is 7.05 Å². The van der Waals surface area contributed by atoms with Gasteiger partial charge in [-0.1, -0.05) is 12.1 Å². The second-order valence-corrected chi connectivity index (χ2v) is 3.37. The molecule has 0 aliphatic rings. The topological polar surface area (TPSA) is 93.5 Å². The smallest absolute Gasteiger partial charge is 0.321 e. The Hall–Kier alpha value is -2.24. The Balaban J connectivity index is 2.60. The van der Waals surface area contributed by atoms with Crippen LogP contribution in [0.1, 0.15) is 6.92 Å². The number of anilines is 1. The minimum atomic E-state index is -0.808. The van der Waals surface area contributed by atoms with Gasteiger partial charge in [-0.2, -0.15) is 0 Å². The predicted octanol–water partition coefficient (Wildman–Crippen LogP) is 0.492. The maximum Gasteiger partial charge on any atom is 0.321 e. The first-order valence-electron chi connectivity index (χ1n) is 5.08. The summed E-state index contributed by atoms with van der Waals surface area (Å²) >= 11 is 0. The molecule has 4 N–H and O–H groups in total. The number of imide groups is 1. The number of amides is 3. The number of nitrogens with two attached hydrogens (primary N) is 1. The number of ether oxygens (including phenoxy) is 1. The van der Waals surface area contributed by atoms with E-state index in [4.69, 9.17) is 10.5 Å². The maximum absolute atomic E-state index is 11.5.